The third-order valence-electron chi connectivity index (χ3n) is 7.18. The maximum Gasteiger partial charge on any atom is 0.233 e. The van der Waals surface area contributed by atoms with Gasteiger partial charge >= 0.3 is 0 Å². The number of rotatable bonds is 6. The Morgan fingerprint density at radius 2 is 1.83 bits per heavy atom. The van der Waals surface area contributed by atoms with Crippen molar-refractivity contribution in [3.8, 4) is 17.1 Å². The van der Waals surface area contributed by atoms with Crippen molar-refractivity contribution in [1.82, 2.24) is 24.9 Å². The Labute approximate surface area is 178 Å². The van der Waals surface area contributed by atoms with Gasteiger partial charge in [-0.3, -0.25) is 4.68 Å². The zero-order valence-electron chi connectivity index (χ0n) is 18.2. The normalized spacial score (nSPS) is 27.5. The third kappa shape index (κ3) is 4.37. The van der Waals surface area contributed by atoms with Gasteiger partial charge in [-0.1, -0.05) is 0 Å². The summed E-state index contributed by atoms with van der Waals surface area (Å²) in [5.41, 5.74) is 2.82. The van der Waals surface area contributed by atoms with Crippen molar-refractivity contribution in [3.63, 3.8) is 0 Å². The monoisotopic (exact) mass is 411 g/mol. The molecule has 2 saturated heterocycles. The van der Waals surface area contributed by atoms with Crippen LogP contribution in [0.5, 0.6) is 5.88 Å². The maximum atomic E-state index is 6.01. The molecule has 0 N–H and O–H groups in total. The van der Waals surface area contributed by atoms with Crippen LogP contribution in [0.3, 0.4) is 0 Å². The summed E-state index contributed by atoms with van der Waals surface area (Å²) in [6.45, 7) is 8.48. The summed E-state index contributed by atoms with van der Waals surface area (Å²) >= 11 is 0. The fourth-order valence-electron chi connectivity index (χ4n) is 5.70. The molecule has 4 heterocycles. The van der Waals surface area contributed by atoms with Gasteiger partial charge in [0.05, 0.1) is 18.0 Å². The first kappa shape index (κ1) is 19.9. The molecule has 5 rings (SSSR count). The maximum absolute atomic E-state index is 6.01. The van der Waals surface area contributed by atoms with Crippen LogP contribution in [0, 0.1) is 30.6 Å². The van der Waals surface area contributed by atoms with Gasteiger partial charge in [-0.15, -0.1) is 10.2 Å². The number of hydrogen-bond acceptors (Lipinski definition) is 6. The van der Waals surface area contributed by atoms with E-state index in [9.17, 15) is 0 Å². The van der Waals surface area contributed by atoms with Crippen LogP contribution in [0.25, 0.3) is 11.3 Å². The molecule has 2 aliphatic heterocycles. The molecule has 2 aromatic rings. The van der Waals surface area contributed by atoms with E-state index < -0.39 is 0 Å². The number of aromatic nitrogens is 4. The summed E-state index contributed by atoms with van der Waals surface area (Å²) < 4.78 is 13.3. The zero-order valence-corrected chi connectivity index (χ0v) is 18.2. The molecule has 1 aliphatic carbocycles. The smallest absolute Gasteiger partial charge is 0.233 e. The van der Waals surface area contributed by atoms with E-state index in [-0.39, 0.29) is 0 Å². The highest BCUT2D eigenvalue weighted by Gasteiger charge is 2.41. The minimum Gasteiger partial charge on any atom is -0.476 e. The Hall–Kier alpha value is -1.99. The molecular formula is C23H33N5O2. The van der Waals surface area contributed by atoms with Gasteiger partial charge in [0, 0.05) is 57.7 Å². The predicted molar refractivity (Wildman–Crippen MR) is 114 cm³/mol. The van der Waals surface area contributed by atoms with E-state index in [4.69, 9.17) is 9.47 Å². The van der Waals surface area contributed by atoms with Gasteiger partial charge in [-0.25, -0.2) is 0 Å². The standard InChI is InChI=1S/C23H33N5O2/c1-16-21(14-27(2)26-16)22-3-4-23(25-24-22)30-15-18-9-19-12-28(13-20(19)10-18)11-17-5-7-29-8-6-17/h3-4,14,17-20H,5-13,15H2,1-2H3/t18?,19-,20+. The lowest BCUT2D eigenvalue weighted by molar-refractivity contribution is 0.0542. The SMILES string of the molecule is Cc1nn(C)cc1-c1ccc(OCC2C[C@@H]3CN(CC4CCOCC4)C[C@@H]3C2)nn1. The van der Waals surface area contributed by atoms with Gasteiger partial charge in [-0.2, -0.15) is 5.10 Å². The lowest BCUT2D eigenvalue weighted by Crippen LogP contribution is -2.32. The summed E-state index contributed by atoms with van der Waals surface area (Å²) in [7, 11) is 1.92. The van der Waals surface area contributed by atoms with E-state index in [1.807, 2.05) is 32.3 Å². The second-order valence-electron chi connectivity index (χ2n) is 9.50. The summed E-state index contributed by atoms with van der Waals surface area (Å²) in [6.07, 6.45) is 7.03. The van der Waals surface area contributed by atoms with E-state index in [0.29, 0.717) is 11.8 Å². The Morgan fingerprint density at radius 1 is 1.07 bits per heavy atom. The molecule has 0 bridgehead atoms. The Morgan fingerprint density at radius 3 is 2.47 bits per heavy atom. The molecule has 1 saturated carbocycles. The lowest BCUT2D eigenvalue weighted by Gasteiger charge is -2.27. The molecule has 2 aromatic heterocycles. The van der Waals surface area contributed by atoms with E-state index in [1.54, 1.807) is 4.68 Å². The first-order valence-electron chi connectivity index (χ1n) is 11.4. The minimum atomic E-state index is 0.624. The molecule has 0 amide bonds. The molecule has 0 radical (unpaired) electrons. The minimum absolute atomic E-state index is 0.624. The first-order valence-corrected chi connectivity index (χ1v) is 11.4. The van der Waals surface area contributed by atoms with Crippen LogP contribution in [0.2, 0.25) is 0 Å². The van der Waals surface area contributed by atoms with Gasteiger partial charge in [0.15, 0.2) is 0 Å². The number of aryl methyl sites for hydroxylation is 2. The van der Waals surface area contributed by atoms with Crippen LogP contribution in [-0.4, -0.2) is 64.3 Å². The van der Waals surface area contributed by atoms with Gasteiger partial charge < -0.3 is 14.4 Å². The molecule has 0 aromatic carbocycles. The number of fused-ring (bicyclic) bond motifs is 1. The lowest BCUT2D eigenvalue weighted by atomic mass is 9.99. The third-order valence-corrected chi connectivity index (χ3v) is 7.18. The molecule has 162 valence electrons. The fraction of sp³-hybridized carbons (Fsp3) is 0.696. The quantitative estimate of drug-likeness (QED) is 0.728. The van der Waals surface area contributed by atoms with Crippen molar-refractivity contribution in [3.05, 3.63) is 24.0 Å². The molecule has 30 heavy (non-hydrogen) atoms. The van der Waals surface area contributed by atoms with Crippen molar-refractivity contribution in [1.29, 1.82) is 0 Å². The van der Waals surface area contributed by atoms with Crippen LogP contribution in [0.1, 0.15) is 31.4 Å². The van der Waals surface area contributed by atoms with Crippen LogP contribution in [0.15, 0.2) is 18.3 Å². The molecule has 1 unspecified atom stereocenters. The Bertz CT molecular complexity index is 832. The fourth-order valence-corrected chi connectivity index (χ4v) is 5.70. The Kier molecular flexibility index (Phi) is 5.74. The highest BCUT2D eigenvalue weighted by atomic mass is 16.5. The summed E-state index contributed by atoms with van der Waals surface area (Å²) in [5, 5.41) is 13.0. The summed E-state index contributed by atoms with van der Waals surface area (Å²) in [6, 6.07) is 3.91. The average Bonchev–Trinajstić information content (AvgIpc) is 3.40. The molecule has 7 heteroatoms. The molecule has 0 spiro atoms. The summed E-state index contributed by atoms with van der Waals surface area (Å²) in [5.74, 6) is 3.81. The van der Waals surface area contributed by atoms with Crippen LogP contribution < -0.4 is 4.74 Å². The molecule has 7 nitrogen and oxygen atoms in total. The highest BCUT2D eigenvalue weighted by Crippen LogP contribution is 2.42. The highest BCUT2D eigenvalue weighted by molar-refractivity contribution is 5.60. The van der Waals surface area contributed by atoms with Gasteiger partial charge in [0.2, 0.25) is 5.88 Å². The van der Waals surface area contributed by atoms with Crippen LogP contribution in [-0.2, 0) is 11.8 Å². The van der Waals surface area contributed by atoms with Crippen molar-refractivity contribution in [2.24, 2.45) is 30.7 Å². The second kappa shape index (κ2) is 8.63. The average molecular weight is 412 g/mol. The molecule has 3 atom stereocenters. The van der Waals surface area contributed by atoms with Crippen molar-refractivity contribution in [2.45, 2.75) is 32.6 Å². The molecule has 3 fully saturated rings. The molecular weight excluding hydrogens is 378 g/mol. The first-order chi connectivity index (χ1) is 14.6. The zero-order chi connectivity index (χ0) is 20.5. The largest absolute Gasteiger partial charge is 0.476 e. The van der Waals surface area contributed by atoms with E-state index in [1.165, 1.54) is 45.3 Å². The van der Waals surface area contributed by atoms with E-state index in [0.717, 1.165) is 54.5 Å². The van der Waals surface area contributed by atoms with Crippen molar-refractivity contribution >= 4 is 0 Å². The number of likely N-dealkylation sites (tertiary alicyclic amines) is 1. The van der Waals surface area contributed by atoms with Crippen molar-refractivity contribution in [2.75, 3.05) is 39.5 Å². The van der Waals surface area contributed by atoms with Gasteiger partial charge in [0.1, 0.15) is 0 Å². The number of ether oxygens (including phenoxy) is 2. The van der Waals surface area contributed by atoms with Crippen LogP contribution in [0.4, 0.5) is 0 Å². The Balaban J connectivity index is 1.08. The number of hydrogen-bond donors (Lipinski definition) is 0. The predicted octanol–water partition coefficient (Wildman–Crippen LogP) is 2.95. The summed E-state index contributed by atoms with van der Waals surface area (Å²) in [4.78, 5) is 2.72. The van der Waals surface area contributed by atoms with Crippen LogP contribution >= 0.6 is 0 Å². The van der Waals surface area contributed by atoms with E-state index >= 15 is 0 Å². The molecule has 3 aliphatic rings. The topological polar surface area (TPSA) is 65.3 Å². The van der Waals surface area contributed by atoms with E-state index in [2.05, 4.69) is 20.2 Å². The number of nitrogens with zero attached hydrogens (tertiary/aromatic N) is 5. The van der Waals surface area contributed by atoms with Gasteiger partial charge in [-0.05, 0) is 62.3 Å². The van der Waals surface area contributed by atoms with Crippen molar-refractivity contribution < 1.29 is 9.47 Å². The second-order valence-corrected chi connectivity index (χ2v) is 9.50. The van der Waals surface area contributed by atoms with Gasteiger partial charge in [0.25, 0.3) is 0 Å².